The van der Waals surface area contributed by atoms with Crippen LogP contribution in [0.2, 0.25) is 5.02 Å². The van der Waals surface area contributed by atoms with Gasteiger partial charge in [0.05, 0.1) is 18.8 Å². The van der Waals surface area contributed by atoms with E-state index in [1.807, 2.05) is 4.90 Å². The van der Waals surface area contributed by atoms with Crippen LogP contribution < -0.4 is 15.4 Å². The summed E-state index contributed by atoms with van der Waals surface area (Å²) in [6, 6.07) is 5.40. The molecule has 3 amide bonds. The first-order chi connectivity index (χ1) is 14.5. The van der Waals surface area contributed by atoms with E-state index in [1.54, 1.807) is 30.2 Å². The van der Waals surface area contributed by atoms with Gasteiger partial charge in [-0.15, -0.1) is 0 Å². The third-order valence-corrected chi connectivity index (χ3v) is 6.61. The second kappa shape index (κ2) is 9.41. The van der Waals surface area contributed by atoms with E-state index in [4.69, 9.17) is 16.3 Å². The number of carbonyl (C=O) groups is 2. The lowest BCUT2D eigenvalue weighted by Gasteiger charge is -2.44. The number of benzene rings is 1. The van der Waals surface area contributed by atoms with Crippen molar-refractivity contribution in [1.29, 1.82) is 0 Å². The van der Waals surface area contributed by atoms with Crippen LogP contribution in [-0.4, -0.2) is 91.6 Å². The SMILES string of the molecule is COc1ccc(Cl)cc1NC(=O)N1CCN(C(=O)[C@H]2CN(C3CCC3)CCN2)CC1. The molecular weight excluding hydrogens is 406 g/mol. The number of ether oxygens (including phenoxy) is 1. The molecule has 2 heterocycles. The van der Waals surface area contributed by atoms with Crippen LogP contribution in [0.15, 0.2) is 18.2 Å². The van der Waals surface area contributed by atoms with Crippen molar-refractivity contribution in [1.82, 2.24) is 20.0 Å². The van der Waals surface area contributed by atoms with Crippen LogP contribution >= 0.6 is 11.6 Å². The molecule has 0 bridgehead atoms. The monoisotopic (exact) mass is 435 g/mol. The Hall–Kier alpha value is -2.03. The van der Waals surface area contributed by atoms with E-state index in [2.05, 4.69) is 15.5 Å². The number of halogens is 1. The van der Waals surface area contributed by atoms with Crippen molar-refractivity contribution in [2.45, 2.75) is 31.3 Å². The maximum Gasteiger partial charge on any atom is 0.322 e. The van der Waals surface area contributed by atoms with Gasteiger partial charge in [0.25, 0.3) is 0 Å². The van der Waals surface area contributed by atoms with Gasteiger partial charge in [0.2, 0.25) is 5.91 Å². The van der Waals surface area contributed by atoms with Gasteiger partial charge in [-0.1, -0.05) is 18.0 Å². The summed E-state index contributed by atoms with van der Waals surface area (Å²) in [5.74, 6) is 0.705. The van der Waals surface area contributed by atoms with Gasteiger partial charge < -0.3 is 25.2 Å². The minimum Gasteiger partial charge on any atom is -0.495 e. The first kappa shape index (κ1) is 21.2. The maximum atomic E-state index is 13.0. The van der Waals surface area contributed by atoms with Crippen molar-refractivity contribution in [3.8, 4) is 5.75 Å². The molecule has 1 aromatic carbocycles. The van der Waals surface area contributed by atoms with Gasteiger partial charge in [-0.3, -0.25) is 9.69 Å². The minimum atomic E-state index is -0.213. The second-order valence-corrected chi connectivity index (χ2v) is 8.61. The number of methoxy groups -OCH3 is 1. The van der Waals surface area contributed by atoms with Crippen molar-refractivity contribution in [3.05, 3.63) is 23.2 Å². The molecule has 8 nitrogen and oxygen atoms in total. The molecule has 1 aliphatic carbocycles. The molecule has 0 radical (unpaired) electrons. The first-order valence-corrected chi connectivity index (χ1v) is 11.1. The van der Waals surface area contributed by atoms with Gasteiger partial charge in [-0.25, -0.2) is 4.79 Å². The van der Waals surface area contributed by atoms with Crippen LogP contribution in [-0.2, 0) is 4.79 Å². The highest BCUT2D eigenvalue weighted by Gasteiger charge is 2.35. The van der Waals surface area contributed by atoms with E-state index in [0.29, 0.717) is 48.7 Å². The van der Waals surface area contributed by atoms with Gasteiger partial charge in [0.15, 0.2) is 0 Å². The zero-order valence-electron chi connectivity index (χ0n) is 17.4. The van der Waals surface area contributed by atoms with Gasteiger partial charge in [0, 0.05) is 56.9 Å². The number of carbonyl (C=O) groups excluding carboxylic acids is 2. The topological polar surface area (TPSA) is 77.2 Å². The van der Waals surface area contributed by atoms with E-state index in [0.717, 1.165) is 19.6 Å². The molecule has 4 rings (SSSR count). The second-order valence-electron chi connectivity index (χ2n) is 8.17. The molecule has 3 fully saturated rings. The largest absolute Gasteiger partial charge is 0.495 e. The molecule has 9 heteroatoms. The van der Waals surface area contributed by atoms with E-state index >= 15 is 0 Å². The number of piperazine rings is 2. The third kappa shape index (κ3) is 4.66. The molecule has 2 N–H and O–H groups in total. The van der Waals surface area contributed by atoms with Crippen LogP contribution in [0, 0.1) is 0 Å². The van der Waals surface area contributed by atoms with Crippen molar-refractivity contribution < 1.29 is 14.3 Å². The number of hydrogen-bond acceptors (Lipinski definition) is 5. The normalized spacial score (nSPS) is 23.1. The maximum absolute atomic E-state index is 13.0. The molecule has 1 aromatic rings. The fourth-order valence-electron chi connectivity index (χ4n) is 4.34. The van der Waals surface area contributed by atoms with Crippen molar-refractivity contribution >= 4 is 29.2 Å². The third-order valence-electron chi connectivity index (χ3n) is 6.38. The first-order valence-electron chi connectivity index (χ1n) is 10.7. The van der Waals surface area contributed by atoms with Crippen LogP contribution in [0.25, 0.3) is 0 Å². The molecule has 164 valence electrons. The quantitative estimate of drug-likeness (QED) is 0.754. The van der Waals surface area contributed by atoms with Crippen LogP contribution in [0.4, 0.5) is 10.5 Å². The molecule has 1 atom stereocenters. The van der Waals surface area contributed by atoms with E-state index < -0.39 is 0 Å². The van der Waals surface area contributed by atoms with Crippen LogP contribution in [0.1, 0.15) is 19.3 Å². The summed E-state index contributed by atoms with van der Waals surface area (Å²) in [6.07, 6.45) is 3.82. The molecule has 0 spiro atoms. The van der Waals surface area contributed by atoms with Crippen molar-refractivity contribution in [2.75, 3.05) is 58.2 Å². The summed E-state index contributed by atoms with van der Waals surface area (Å²) in [5.41, 5.74) is 0.538. The summed E-state index contributed by atoms with van der Waals surface area (Å²) in [6.45, 7) is 4.75. The Balaban J connectivity index is 1.28. The fourth-order valence-corrected chi connectivity index (χ4v) is 4.52. The Kier molecular flexibility index (Phi) is 6.65. The minimum absolute atomic E-state index is 0.143. The number of nitrogens with one attached hydrogen (secondary N) is 2. The summed E-state index contributed by atoms with van der Waals surface area (Å²) < 4.78 is 5.29. The molecule has 1 saturated carbocycles. The van der Waals surface area contributed by atoms with Gasteiger partial charge >= 0.3 is 6.03 Å². The van der Waals surface area contributed by atoms with Crippen LogP contribution in [0.3, 0.4) is 0 Å². The van der Waals surface area contributed by atoms with Gasteiger partial charge in [-0.2, -0.15) is 0 Å². The Morgan fingerprint density at radius 1 is 1.13 bits per heavy atom. The smallest absolute Gasteiger partial charge is 0.322 e. The zero-order valence-corrected chi connectivity index (χ0v) is 18.2. The van der Waals surface area contributed by atoms with Crippen molar-refractivity contribution in [3.63, 3.8) is 0 Å². The Morgan fingerprint density at radius 3 is 2.53 bits per heavy atom. The Labute approximate surface area is 182 Å². The highest BCUT2D eigenvalue weighted by molar-refractivity contribution is 6.31. The molecule has 0 aromatic heterocycles. The predicted molar refractivity (Wildman–Crippen MR) is 116 cm³/mol. The predicted octanol–water partition coefficient (Wildman–Crippen LogP) is 1.85. The zero-order chi connectivity index (χ0) is 21.1. The summed E-state index contributed by atoms with van der Waals surface area (Å²) in [5, 5.41) is 6.77. The molecule has 2 saturated heterocycles. The highest BCUT2D eigenvalue weighted by atomic mass is 35.5. The summed E-state index contributed by atoms with van der Waals surface area (Å²) >= 11 is 6.04. The van der Waals surface area contributed by atoms with E-state index in [-0.39, 0.29) is 18.0 Å². The molecule has 2 aliphatic heterocycles. The van der Waals surface area contributed by atoms with Crippen molar-refractivity contribution in [2.24, 2.45) is 0 Å². The van der Waals surface area contributed by atoms with E-state index in [9.17, 15) is 9.59 Å². The lowest BCUT2D eigenvalue weighted by molar-refractivity contribution is -0.136. The number of nitrogens with zero attached hydrogens (tertiary/aromatic N) is 3. The summed E-state index contributed by atoms with van der Waals surface area (Å²) in [4.78, 5) is 31.7. The molecule has 0 unspecified atom stereocenters. The number of rotatable bonds is 4. The molecule has 3 aliphatic rings. The average Bonchev–Trinajstić information content (AvgIpc) is 2.72. The lowest BCUT2D eigenvalue weighted by Crippen LogP contribution is -2.62. The highest BCUT2D eigenvalue weighted by Crippen LogP contribution is 2.28. The van der Waals surface area contributed by atoms with E-state index in [1.165, 1.54) is 19.3 Å². The lowest BCUT2D eigenvalue weighted by atomic mass is 9.90. The Morgan fingerprint density at radius 2 is 1.87 bits per heavy atom. The van der Waals surface area contributed by atoms with Crippen LogP contribution in [0.5, 0.6) is 5.75 Å². The summed E-state index contributed by atoms with van der Waals surface area (Å²) in [7, 11) is 1.55. The number of amides is 3. The Bertz CT molecular complexity index is 780. The fraction of sp³-hybridized carbons (Fsp3) is 0.619. The molecule has 30 heavy (non-hydrogen) atoms. The van der Waals surface area contributed by atoms with Gasteiger partial charge in [-0.05, 0) is 31.0 Å². The molecular formula is C21H30ClN5O3. The number of anilines is 1. The number of urea groups is 1. The standard InChI is InChI=1S/C21H30ClN5O3/c1-30-19-6-5-15(22)13-17(19)24-21(29)26-11-9-25(10-12-26)20(28)18-14-27(8-7-23-18)16-3-2-4-16/h5-6,13,16,18,23H,2-4,7-12,14H2,1H3,(H,24,29)/t18-/m1/s1. The van der Waals surface area contributed by atoms with Gasteiger partial charge in [0.1, 0.15) is 5.75 Å². The average molecular weight is 436 g/mol. The number of hydrogen-bond donors (Lipinski definition) is 2.